The van der Waals surface area contributed by atoms with E-state index in [0.717, 1.165) is 0 Å². The van der Waals surface area contributed by atoms with Gasteiger partial charge in [0.25, 0.3) is 0 Å². The second-order valence-electron chi connectivity index (χ2n) is 1.79. The van der Waals surface area contributed by atoms with Gasteiger partial charge < -0.3 is 10.4 Å². The van der Waals surface area contributed by atoms with Crippen LogP contribution < -0.4 is 5.32 Å². The SMILES string of the molecule is CC(S)C(=O)NCC(=O)O.[Ag]. The summed E-state index contributed by atoms with van der Waals surface area (Å²) in [5, 5.41) is 9.81. The van der Waals surface area contributed by atoms with Crippen LogP contribution in [0.1, 0.15) is 6.92 Å². The van der Waals surface area contributed by atoms with Crippen LogP contribution in [0, 0.1) is 0 Å². The Morgan fingerprint density at radius 1 is 1.64 bits per heavy atom. The number of rotatable bonds is 3. The van der Waals surface area contributed by atoms with Gasteiger partial charge in [0.1, 0.15) is 6.54 Å². The number of thiol groups is 1. The zero-order valence-corrected chi connectivity index (χ0v) is 8.17. The molecule has 1 radical (unpaired) electrons. The van der Waals surface area contributed by atoms with Crippen LogP contribution in [0.4, 0.5) is 0 Å². The third-order valence-electron chi connectivity index (χ3n) is 0.793. The van der Waals surface area contributed by atoms with E-state index in [1.54, 1.807) is 6.92 Å². The van der Waals surface area contributed by atoms with Gasteiger partial charge in [0.15, 0.2) is 0 Å². The summed E-state index contributed by atoms with van der Waals surface area (Å²) >= 11 is 3.79. The Morgan fingerprint density at radius 3 is 2.36 bits per heavy atom. The predicted octanol–water partition coefficient (Wildman–Crippen LogP) is -0.497. The number of carbonyl (C=O) groups is 2. The maximum absolute atomic E-state index is 10.6. The minimum Gasteiger partial charge on any atom is -0.480 e. The molecule has 4 nitrogen and oxygen atoms in total. The fourth-order valence-electron chi connectivity index (χ4n) is 0.310. The van der Waals surface area contributed by atoms with Crippen molar-refractivity contribution in [2.24, 2.45) is 0 Å². The first-order valence-corrected chi connectivity index (χ1v) is 3.23. The molecule has 0 rings (SSSR count). The standard InChI is InChI=1S/C5H9NO3S.Ag/c1-3(10)5(9)6-2-4(7)8;/h3,10H,2H2,1H3,(H,6,9)(H,7,8);. The number of amides is 1. The van der Waals surface area contributed by atoms with E-state index in [-0.39, 0.29) is 34.8 Å². The van der Waals surface area contributed by atoms with Crippen LogP contribution in [-0.2, 0) is 32.0 Å². The Kier molecular flexibility index (Phi) is 8.32. The van der Waals surface area contributed by atoms with Gasteiger partial charge in [0.2, 0.25) is 5.91 Å². The summed E-state index contributed by atoms with van der Waals surface area (Å²) in [6.45, 7) is 1.23. The van der Waals surface area contributed by atoms with Crippen molar-refractivity contribution < 1.29 is 37.1 Å². The molecule has 0 aromatic carbocycles. The Labute approximate surface area is 85.7 Å². The minimum atomic E-state index is -1.05. The van der Waals surface area contributed by atoms with Crippen LogP contribution in [0.3, 0.4) is 0 Å². The largest absolute Gasteiger partial charge is 0.480 e. The summed E-state index contributed by atoms with van der Waals surface area (Å²) in [5.41, 5.74) is 0. The molecule has 0 aromatic heterocycles. The Balaban J connectivity index is 0. The molecule has 0 heterocycles. The molecular weight excluding hydrogens is 262 g/mol. The third-order valence-corrected chi connectivity index (χ3v) is 1.03. The maximum Gasteiger partial charge on any atom is 0.322 e. The minimum absolute atomic E-state index is 0. The van der Waals surface area contributed by atoms with Crippen LogP contribution in [0.2, 0.25) is 0 Å². The molecule has 1 amide bonds. The van der Waals surface area contributed by atoms with Crippen molar-refractivity contribution in [3.63, 3.8) is 0 Å². The monoisotopic (exact) mass is 270 g/mol. The van der Waals surface area contributed by atoms with E-state index < -0.39 is 11.2 Å². The topological polar surface area (TPSA) is 66.4 Å². The van der Waals surface area contributed by atoms with Crippen molar-refractivity contribution >= 4 is 24.5 Å². The van der Waals surface area contributed by atoms with E-state index in [4.69, 9.17) is 5.11 Å². The van der Waals surface area contributed by atoms with Gasteiger partial charge in [-0.2, -0.15) is 12.6 Å². The zero-order valence-electron chi connectivity index (χ0n) is 5.80. The molecule has 11 heavy (non-hydrogen) atoms. The van der Waals surface area contributed by atoms with Gasteiger partial charge in [-0.05, 0) is 6.92 Å². The summed E-state index contributed by atoms with van der Waals surface area (Å²) in [4.78, 5) is 20.5. The molecule has 0 fully saturated rings. The predicted molar refractivity (Wildman–Crippen MR) is 39.1 cm³/mol. The van der Waals surface area contributed by atoms with Crippen molar-refractivity contribution in [3.05, 3.63) is 0 Å². The van der Waals surface area contributed by atoms with Gasteiger partial charge in [-0.3, -0.25) is 9.59 Å². The molecule has 0 aliphatic carbocycles. The van der Waals surface area contributed by atoms with Crippen molar-refractivity contribution in [2.75, 3.05) is 6.54 Å². The summed E-state index contributed by atoms with van der Waals surface area (Å²) in [6, 6.07) is 0. The Hall–Kier alpha value is 0.0303. The molecule has 2 N–H and O–H groups in total. The van der Waals surface area contributed by atoms with Gasteiger partial charge in [0.05, 0.1) is 5.25 Å². The maximum atomic E-state index is 10.6. The molecule has 0 aliphatic rings. The van der Waals surface area contributed by atoms with Gasteiger partial charge in [-0.25, -0.2) is 0 Å². The number of hydrogen-bond acceptors (Lipinski definition) is 3. The summed E-state index contributed by atoms with van der Waals surface area (Å²) in [5.74, 6) is -1.42. The molecule has 0 aromatic rings. The number of carboxylic acid groups (broad SMARTS) is 1. The van der Waals surface area contributed by atoms with Crippen molar-refractivity contribution in [3.8, 4) is 0 Å². The summed E-state index contributed by atoms with van der Waals surface area (Å²) in [6.07, 6.45) is 0. The van der Waals surface area contributed by atoms with E-state index in [1.165, 1.54) is 0 Å². The average Bonchev–Trinajstić information content (AvgIpc) is 1.82. The first-order valence-electron chi connectivity index (χ1n) is 2.71. The Bertz CT molecular complexity index is 151. The zero-order chi connectivity index (χ0) is 8.15. The fraction of sp³-hybridized carbons (Fsp3) is 0.600. The summed E-state index contributed by atoms with van der Waals surface area (Å²) < 4.78 is 0. The molecule has 0 bridgehead atoms. The van der Waals surface area contributed by atoms with Crippen molar-refractivity contribution in [1.29, 1.82) is 0 Å². The van der Waals surface area contributed by atoms with E-state index in [1.807, 2.05) is 0 Å². The van der Waals surface area contributed by atoms with Gasteiger partial charge in [-0.15, -0.1) is 0 Å². The molecule has 0 saturated carbocycles. The van der Waals surface area contributed by atoms with Crippen LogP contribution in [0.5, 0.6) is 0 Å². The molecule has 6 heteroatoms. The van der Waals surface area contributed by atoms with E-state index >= 15 is 0 Å². The van der Waals surface area contributed by atoms with E-state index in [0.29, 0.717) is 0 Å². The molecule has 0 saturated heterocycles. The first kappa shape index (κ1) is 13.6. The number of aliphatic carboxylic acids is 1. The quantitative estimate of drug-likeness (QED) is 0.479. The average molecular weight is 271 g/mol. The number of hydrogen-bond donors (Lipinski definition) is 3. The van der Waals surface area contributed by atoms with Gasteiger partial charge in [0, 0.05) is 22.4 Å². The normalized spacial score (nSPS) is 11.1. The molecule has 1 unspecified atom stereocenters. The van der Waals surface area contributed by atoms with Gasteiger partial charge >= 0.3 is 5.97 Å². The first-order chi connectivity index (χ1) is 4.54. The molecule has 1 atom stereocenters. The second-order valence-corrected chi connectivity index (χ2v) is 2.56. The van der Waals surface area contributed by atoms with E-state index in [2.05, 4.69) is 17.9 Å². The second kappa shape index (κ2) is 6.72. The van der Waals surface area contributed by atoms with Crippen molar-refractivity contribution in [1.82, 2.24) is 5.32 Å². The third kappa shape index (κ3) is 7.93. The van der Waals surface area contributed by atoms with Crippen LogP contribution >= 0.6 is 12.6 Å². The molecule has 69 valence electrons. The number of carboxylic acids is 1. The molecule has 0 spiro atoms. The van der Waals surface area contributed by atoms with Crippen LogP contribution in [-0.4, -0.2) is 28.8 Å². The number of nitrogens with one attached hydrogen (secondary N) is 1. The van der Waals surface area contributed by atoms with Gasteiger partial charge in [-0.1, -0.05) is 0 Å². The summed E-state index contributed by atoms with van der Waals surface area (Å²) in [7, 11) is 0. The molecule has 0 aliphatic heterocycles. The van der Waals surface area contributed by atoms with Crippen LogP contribution in [0.25, 0.3) is 0 Å². The Morgan fingerprint density at radius 2 is 2.09 bits per heavy atom. The van der Waals surface area contributed by atoms with Crippen LogP contribution in [0.15, 0.2) is 0 Å². The fourth-order valence-corrected chi connectivity index (χ4v) is 0.402. The number of carbonyl (C=O) groups excluding carboxylic acids is 1. The molecular formula is C5H9AgNO3S. The van der Waals surface area contributed by atoms with Crippen molar-refractivity contribution in [2.45, 2.75) is 12.2 Å². The van der Waals surface area contributed by atoms with E-state index in [9.17, 15) is 9.59 Å². The smallest absolute Gasteiger partial charge is 0.322 e.